The van der Waals surface area contributed by atoms with Gasteiger partial charge in [-0.3, -0.25) is 15.6 Å². The van der Waals surface area contributed by atoms with Crippen molar-refractivity contribution in [1.29, 1.82) is 0 Å². The van der Waals surface area contributed by atoms with E-state index in [1.165, 1.54) is 19.3 Å². The highest BCUT2D eigenvalue weighted by Crippen LogP contribution is 2.23. The highest BCUT2D eigenvalue weighted by molar-refractivity contribution is 7.80. The zero-order chi connectivity index (χ0) is 16.1. The topological polar surface area (TPSA) is 53.2 Å². The SMILES string of the molecule is Cc1ccc(C(=O)NNC(=S)N[C@H]2CCCC[C@H]2C)c(C)c1. The molecule has 0 unspecified atom stereocenters. The molecule has 1 fully saturated rings. The van der Waals surface area contributed by atoms with Gasteiger partial charge in [-0.1, -0.05) is 37.5 Å². The van der Waals surface area contributed by atoms with E-state index >= 15 is 0 Å². The number of nitrogens with one attached hydrogen (secondary N) is 3. The van der Waals surface area contributed by atoms with Crippen molar-refractivity contribution in [3.05, 3.63) is 34.9 Å². The lowest BCUT2D eigenvalue weighted by Crippen LogP contribution is -2.51. The van der Waals surface area contributed by atoms with Gasteiger partial charge in [-0.2, -0.15) is 0 Å². The number of hydrogen-bond donors (Lipinski definition) is 3. The van der Waals surface area contributed by atoms with Crippen molar-refractivity contribution in [3.8, 4) is 0 Å². The molecule has 3 N–H and O–H groups in total. The average molecular weight is 319 g/mol. The van der Waals surface area contributed by atoms with Crippen molar-refractivity contribution in [3.63, 3.8) is 0 Å². The van der Waals surface area contributed by atoms with Crippen LogP contribution in [0.25, 0.3) is 0 Å². The molecule has 1 aromatic rings. The van der Waals surface area contributed by atoms with Crippen molar-refractivity contribution in [2.75, 3.05) is 0 Å². The Hall–Kier alpha value is -1.62. The molecule has 1 aliphatic carbocycles. The van der Waals surface area contributed by atoms with E-state index in [0.29, 0.717) is 22.6 Å². The van der Waals surface area contributed by atoms with Crippen LogP contribution in [0.4, 0.5) is 0 Å². The van der Waals surface area contributed by atoms with Crippen molar-refractivity contribution >= 4 is 23.2 Å². The monoisotopic (exact) mass is 319 g/mol. The van der Waals surface area contributed by atoms with Crippen molar-refractivity contribution in [1.82, 2.24) is 16.2 Å². The van der Waals surface area contributed by atoms with Gasteiger partial charge in [-0.15, -0.1) is 0 Å². The number of carbonyl (C=O) groups is 1. The van der Waals surface area contributed by atoms with Crippen LogP contribution in [-0.4, -0.2) is 17.1 Å². The van der Waals surface area contributed by atoms with Crippen LogP contribution < -0.4 is 16.2 Å². The zero-order valence-electron chi connectivity index (χ0n) is 13.5. The molecule has 120 valence electrons. The van der Waals surface area contributed by atoms with Crippen LogP contribution in [0.1, 0.15) is 54.1 Å². The second-order valence-electron chi connectivity index (χ2n) is 6.24. The molecule has 1 saturated carbocycles. The molecular weight excluding hydrogens is 294 g/mol. The lowest BCUT2D eigenvalue weighted by Gasteiger charge is -2.30. The third kappa shape index (κ3) is 4.44. The molecule has 0 radical (unpaired) electrons. The van der Waals surface area contributed by atoms with Gasteiger partial charge in [0.05, 0.1) is 0 Å². The Kier molecular flexibility index (Phi) is 5.77. The fraction of sp³-hybridized carbons (Fsp3) is 0.529. The molecule has 0 aliphatic heterocycles. The Bertz CT molecular complexity index is 559. The van der Waals surface area contributed by atoms with Gasteiger partial charge < -0.3 is 5.32 Å². The lowest BCUT2D eigenvalue weighted by molar-refractivity contribution is 0.0942. The smallest absolute Gasteiger partial charge is 0.269 e. The fourth-order valence-electron chi connectivity index (χ4n) is 2.98. The molecular formula is C17H25N3OS. The molecule has 0 bridgehead atoms. The largest absolute Gasteiger partial charge is 0.358 e. The maximum Gasteiger partial charge on any atom is 0.269 e. The van der Waals surface area contributed by atoms with Gasteiger partial charge in [-0.25, -0.2) is 0 Å². The number of hydrazine groups is 1. The van der Waals surface area contributed by atoms with E-state index in [0.717, 1.165) is 17.5 Å². The standard InChI is InChI=1S/C17H25N3OS/c1-11-8-9-14(13(3)10-11)16(21)19-20-17(22)18-15-7-5-4-6-12(15)2/h8-10,12,15H,4-7H2,1-3H3,(H,19,21)(H2,18,20,22)/t12-,15+/m1/s1. The van der Waals surface area contributed by atoms with Crippen LogP contribution >= 0.6 is 12.2 Å². The van der Waals surface area contributed by atoms with E-state index in [2.05, 4.69) is 23.1 Å². The van der Waals surface area contributed by atoms with Crippen LogP contribution in [0, 0.1) is 19.8 Å². The van der Waals surface area contributed by atoms with Gasteiger partial charge in [0, 0.05) is 11.6 Å². The Balaban J connectivity index is 1.84. The summed E-state index contributed by atoms with van der Waals surface area (Å²) < 4.78 is 0. The summed E-state index contributed by atoms with van der Waals surface area (Å²) in [6.07, 6.45) is 4.89. The van der Waals surface area contributed by atoms with E-state index in [9.17, 15) is 4.79 Å². The normalized spacial score (nSPS) is 21.0. The number of hydrogen-bond acceptors (Lipinski definition) is 2. The minimum absolute atomic E-state index is 0.168. The van der Waals surface area contributed by atoms with Gasteiger partial charge in [0.15, 0.2) is 5.11 Å². The minimum Gasteiger partial charge on any atom is -0.358 e. The second kappa shape index (κ2) is 7.58. The Morgan fingerprint density at radius 3 is 2.59 bits per heavy atom. The van der Waals surface area contributed by atoms with Gasteiger partial charge in [-0.05, 0) is 56.5 Å². The maximum atomic E-state index is 12.2. The first-order valence-corrected chi connectivity index (χ1v) is 8.32. The number of amides is 1. The summed E-state index contributed by atoms with van der Waals surface area (Å²) in [5.74, 6) is 0.446. The van der Waals surface area contributed by atoms with E-state index in [4.69, 9.17) is 12.2 Å². The zero-order valence-corrected chi connectivity index (χ0v) is 14.3. The molecule has 4 nitrogen and oxygen atoms in total. The van der Waals surface area contributed by atoms with Gasteiger partial charge in [0.2, 0.25) is 0 Å². The maximum absolute atomic E-state index is 12.2. The molecule has 1 aliphatic rings. The van der Waals surface area contributed by atoms with Gasteiger partial charge in [0.1, 0.15) is 0 Å². The number of aryl methyl sites for hydroxylation is 2. The van der Waals surface area contributed by atoms with Crippen molar-refractivity contribution in [2.45, 2.75) is 52.5 Å². The Morgan fingerprint density at radius 1 is 1.18 bits per heavy atom. The van der Waals surface area contributed by atoms with Crippen LogP contribution in [-0.2, 0) is 0 Å². The van der Waals surface area contributed by atoms with E-state index in [-0.39, 0.29) is 5.91 Å². The first-order chi connectivity index (χ1) is 10.5. The van der Waals surface area contributed by atoms with Crippen molar-refractivity contribution in [2.24, 2.45) is 5.92 Å². The highest BCUT2D eigenvalue weighted by Gasteiger charge is 2.21. The number of benzene rings is 1. The van der Waals surface area contributed by atoms with Crippen LogP contribution in [0.5, 0.6) is 0 Å². The molecule has 0 heterocycles. The van der Waals surface area contributed by atoms with E-state index in [1.54, 1.807) is 0 Å². The summed E-state index contributed by atoms with van der Waals surface area (Å²) in [5.41, 5.74) is 8.24. The third-order valence-electron chi connectivity index (χ3n) is 4.34. The number of carbonyl (C=O) groups excluding carboxylic acids is 1. The lowest BCUT2D eigenvalue weighted by atomic mass is 9.86. The quantitative estimate of drug-likeness (QED) is 0.579. The summed E-state index contributed by atoms with van der Waals surface area (Å²) in [6, 6.07) is 6.16. The molecule has 0 saturated heterocycles. The first-order valence-electron chi connectivity index (χ1n) is 7.91. The molecule has 5 heteroatoms. The molecule has 1 amide bonds. The number of thiocarbonyl (C=S) groups is 1. The van der Waals surface area contributed by atoms with Crippen LogP contribution in [0.3, 0.4) is 0 Å². The van der Waals surface area contributed by atoms with E-state index < -0.39 is 0 Å². The summed E-state index contributed by atoms with van der Waals surface area (Å²) in [6.45, 7) is 6.19. The van der Waals surface area contributed by atoms with Crippen LogP contribution in [0.2, 0.25) is 0 Å². The minimum atomic E-state index is -0.168. The third-order valence-corrected chi connectivity index (χ3v) is 4.56. The average Bonchev–Trinajstić information content (AvgIpc) is 2.47. The van der Waals surface area contributed by atoms with Crippen molar-refractivity contribution < 1.29 is 4.79 Å². The Labute approximate surface area is 138 Å². The predicted molar refractivity (Wildman–Crippen MR) is 93.7 cm³/mol. The second-order valence-corrected chi connectivity index (χ2v) is 6.65. The first kappa shape index (κ1) is 16.7. The van der Waals surface area contributed by atoms with Gasteiger partial charge >= 0.3 is 0 Å². The summed E-state index contributed by atoms with van der Waals surface area (Å²) in [5, 5.41) is 3.79. The Morgan fingerprint density at radius 2 is 1.91 bits per heavy atom. The molecule has 1 aromatic carbocycles. The molecule has 22 heavy (non-hydrogen) atoms. The van der Waals surface area contributed by atoms with Crippen LogP contribution in [0.15, 0.2) is 18.2 Å². The highest BCUT2D eigenvalue weighted by atomic mass is 32.1. The molecule has 0 spiro atoms. The summed E-state index contributed by atoms with van der Waals surface area (Å²) in [7, 11) is 0. The van der Waals surface area contributed by atoms with E-state index in [1.807, 2.05) is 32.0 Å². The number of rotatable bonds is 2. The predicted octanol–water partition coefficient (Wildman–Crippen LogP) is 2.99. The van der Waals surface area contributed by atoms with Gasteiger partial charge in [0.25, 0.3) is 5.91 Å². The summed E-state index contributed by atoms with van der Waals surface area (Å²) >= 11 is 5.27. The summed E-state index contributed by atoms with van der Waals surface area (Å²) in [4.78, 5) is 12.2. The molecule has 0 aromatic heterocycles. The molecule has 2 atom stereocenters. The fourth-order valence-corrected chi connectivity index (χ4v) is 3.19. The molecule has 2 rings (SSSR count).